The normalized spacial score (nSPS) is 11.6. The maximum atomic E-state index is 11.9. The zero-order chi connectivity index (χ0) is 16.7. The van der Waals surface area contributed by atoms with E-state index in [9.17, 15) is 9.59 Å². The molecule has 0 aliphatic heterocycles. The lowest BCUT2D eigenvalue weighted by Crippen LogP contribution is -2.24. The largest absolute Gasteiger partial charge is 0.455 e. The summed E-state index contributed by atoms with van der Waals surface area (Å²) in [4.78, 5) is 24.7. The number of benzene rings is 2. The summed E-state index contributed by atoms with van der Waals surface area (Å²) >= 11 is 1.40. The molecule has 0 aliphatic carbocycles. The molecule has 0 heterocycles. The van der Waals surface area contributed by atoms with Gasteiger partial charge in [-0.15, -0.1) is 11.8 Å². The molecule has 0 unspecified atom stereocenters. The molecule has 1 amide bonds. The van der Waals surface area contributed by atoms with Gasteiger partial charge in [0.1, 0.15) is 5.25 Å². The van der Waals surface area contributed by atoms with Crippen molar-refractivity contribution in [2.45, 2.75) is 24.0 Å². The Bertz CT molecular complexity index is 673. The highest BCUT2D eigenvalue weighted by atomic mass is 32.2. The summed E-state index contributed by atoms with van der Waals surface area (Å²) in [7, 11) is 0. The van der Waals surface area contributed by atoms with Gasteiger partial charge in [0.15, 0.2) is 6.61 Å². The van der Waals surface area contributed by atoms with Crippen LogP contribution in [0.4, 0.5) is 5.69 Å². The molecule has 23 heavy (non-hydrogen) atoms. The number of thioether (sulfide) groups is 1. The molecule has 1 N–H and O–H groups in total. The molecule has 0 saturated carbocycles. The minimum absolute atomic E-state index is 0.285. The third-order valence-corrected chi connectivity index (χ3v) is 4.13. The van der Waals surface area contributed by atoms with Gasteiger partial charge in [0.05, 0.1) is 0 Å². The smallest absolute Gasteiger partial charge is 0.319 e. The van der Waals surface area contributed by atoms with Gasteiger partial charge in [0.2, 0.25) is 0 Å². The van der Waals surface area contributed by atoms with Crippen molar-refractivity contribution in [2.24, 2.45) is 0 Å². The molecule has 0 fully saturated rings. The van der Waals surface area contributed by atoms with Gasteiger partial charge in [-0.1, -0.05) is 30.3 Å². The van der Waals surface area contributed by atoms with Crippen molar-refractivity contribution in [2.75, 3.05) is 11.9 Å². The first-order valence-electron chi connectivity index (χ1n) is 7.29. The Morgan fingerprint density at radius 3 is 2.57 bits per heavy atom. The van der Waals surface area contributed by atoms with E-state index in [1.54, 1.807) is 13.0 Å². The van der Waals surface area contributed by atoms with E-state index in [-0.39, 0.29) is 17.8 Å². The van der Waals surface area contributed by atoms with Gasteiger partial charge in [0, 0.05) is 10.6 Å². The molecular formula is C18H19NO3S. The number of anilines is 1. The molecule has 0 aromatic heterocycles. The van der Waals surface area contributed by atoms with E-state index in [4.69, 9.17) is 4.74 Å². The second kappa shape index (κ2) is 8.39. The maximum absolute atomic E-state index is 11.9. The molecule has 0 spiro atoms. The summed E-state index contributed by atoms with van der Waals surface area (Å²) < 4.78 is 5.07. The van der Waals surface area contributed by atoms with Crippen LogP contribution in [0.15, 0.2) is 59.5 Å². The molecule has 4 nitrogen and oxygen atoms in total. The Morgan fingerprint density at radius 1 is 1.13 bits per heavy atom. The number of amides is 1. The Morgan fingerprint density at radius 2 is 1.87 bits per heavy atom. The Hall–Kier alpha value is -2.27. The Balaban J connectivity index is 1.78. The van der Waals surface area contributed by atoms with Crippen molar-refractivity contribution in [3.63, 3.8) is 0 Å². The van der Waals surface area contributed by atoms with Crippen molar-refractivity contribution in [1.82, 2.24) is 0 Å². The third-order valence-electron chi connectivity index (χ3n) is 3.04. The second-order valence-electron chi connectivity index (χ2n) is 5.10. The number of ether oxygens (including phenoxy) is 1. The minimum atomic E-state index is -0.404. The first-order valence-corrected chi connectivity index (χ1v) is 8.17. The quantitative estimate of drug-likeness (QED) is 0.649. The lowest BCUT2D eigenvalue weighted by molar-refractivity contribution is -0.146. The van der Waals surface area contributed by atoms with Crippen LogP contribution >= 0.6 is 11.8 Å². The highest BCUT2D eigenvalue weighted by Gasteiger charge is 2.17. The molecule has 0 radical (unpaired) electrons. The number of hydrogen-bond donors (Lipinski definition) is 1. The molecular weight excluding hydrogens is 310 g/mol. The summed E-state index contributed by atoms with van der Waals surface area (Å²) in [5.41, 5.74) is 1.74. The predicted molar refractivity (Wildman–Crippen MR) is 92.5 cm³/mol. The first kappa shape index (κ1) is 17.1. The topological polar surface area (TPSA) is 55.4 Å². The summed E-state index contributed by atoms with van der Waals surface area (Å²) in [5, 5.41) is 2.33. The molecule has 120 valence electrons. The fraction of sp³-hybridized carbons (Fsp3) is 0.222. The van der Waals surface area contributed by atoms with Gasteiger partial charge in [-0.2, -0.15) is 0 Å². The van der Waals surface area contributed by atoms with Gasteiger partial charge in [-0.3, -0.25) is 9.59 Å². The van der Waals surface area contributed by atoms with Crippen molar-refractivity contribution >= 4 is 29.3 Å². The number of rotatable bonds is 6. The fourth-order valence-corrected chi connectivity index (χ4v) is 2.81. The summed E-state index contributed by atoms with van der Waals surface area (Å²) in [6.45, 7) is 3.42. The average Bonchev–Trinajstić information content (AvgIpc) is 2.53. The van der Waals surface area contributed by atoms with E-state index < -0.39 is 5.97 Å². The van der Waals surface area contributed by atoms with Crippen LogP contribution in [0.2, 0.25) is 0 Å². The average molecular weight is 329 g/mol. The van der Waals surface area contributed by atoms with Crippen LogP contribution in [0.3, 0.4) is 0 Å². The van der Waals surface area contributed by atoms with Crippen LogP contribution < -0.4 is 5.32 Å². The standard InChI is InChI=1S/C18H19NO3S/c1-13-7-6-8-15(11-13)19-17(20)12-22-18(21)14(2)23-16-9-4-3-5-10-16/h3-11,14H,12H2,1-2H3,(H,19,20)/t14-/m1/s1. The number of carbonyl (C=O) groups excluding carboxylic acids is 2. The zero-order valence-electron chi connectivity index (χ0n) is 13.1. The van der Waals surface area contributed by atoms with Crippen LogP contribution in [0.1, 0.15) is 12.5 Å². The fourth-order valence-electron chi connectivity index (χ4n) is 1.93. The third kappa shape index (κ3) is 5.79. The predicted octanol–water partition coefficient (Wildman–Crippen LogP) is 3.66. The number of esters is 1. The second-order valence-corrected chi connectivity index (χ2v) is 6.51. The van der Waals surface area contributed by atoms with E-state index in [0.717, 1.165) is 10.5 Å². The SMILES string of the molecule is Cc1cccc(NC(=O)COC(=O)[C@@H](C)Sc2ccccc2)c1. The lowest BCUT2D eigenvalue weighted by Gasteiger charge is -2.11. The number of nitrogens with one attached hydrogen (secondary N) is 1. The highest BCUT2D eigenvalue weighted by molar-refractivity contribution is 8.00. The van der Waals surface area contributed by atoms with Gasteiger partial charge < -0.3 is 10.1 Å². The maximum Gasteiger partial charge on any atom is 0.319 e. The molecule has 0 saturated heterocycles. The van der Waals surface area contributed by atoms with Crippen LogP contribution in [0.5, 0.6) is 0 Å². The van der Waals surface area contributed by atoms with Crippen LogP contribution in [-0.2, 0) is 14.3 Å². The van der Waals surface area contributed by atoms with Crippen LogP contribution in [0, 0.1) is 6.92 Å². The van der Waals surface area contributed by atoms with E-state index in [2.05, 4.69) is 5.32 Å². The molecule has 1 atom stereocenters. The summed E-state index contributed by atoms with van der Waals surface area (Å²) in [6.07, 6.45) is 0. The van der Waals surface area contributed by atoms with E-state index in [1.807, 2.05) is 55.5 Å². The number of aryl methyl sites for hydroxylation is 1. The van der Waals surface area contributed by atoms with Crippen LogP contribution in [-0.4, -0.2) is 23.7 Å². The monoisotopic (exact) mass is 329 g/mol. The number of carbonyl (C=O) groups is 2. The van der Waals surface area contributed by atoms with E-state index in [1.165, 1.54) is 11.8 Å². The highest BCUT2D eigenvalue weighted by Crippen LogP contribution is 2.23. The van der Waals surface area contributed by atoms with Gasteiger partial charge in [-0.25, -0.2) is 0 Å². The minimum Gasteiger partial charge on any atom is -0.455 e. The van der Waals surface area contributed by atoms with Crippen molar-refractivity contribution in [3.8, 4) is 0 Å². The van der Waals surface area contributed by atoms with Gasteiger partial charge in [0.25, 0.3) is 5.91 Å². The summed E-state index contributed by atoms with van der Waals surface area (Å²) in [6, 6.07) is 17.0. The molecule has 2 rings (SSSR count). The van der Waals surface area contributed by atoms with Crippen molar-refractivity contribution < 1.29 is 14.3 Å². The Labute approximate surface area is 140 Å². The molecule has 5 heteroatoms. The molecule has 2 aromatic rings. The molecule has 0 aliphatic rings. The molecule has 2 aromatic carbocycles. The van der Waals surface area contributed by atoms with Crippen LogP contribution in [0.25, 0.3) is 0 Å². The van der Waals surface area contributed by atoms with E-state index >= 15 is 0 Å². The first-order chi connectivity index (χ1) is 11.0. The van der Waals surface area contributed by atoms with Crippen molar-refractivity contribution in [1.29, 1.82) is 0 Å². The van der Waals surface area contributed by atoms with Gasteiger partial charge in [-0.05, 0) is 43.7 Å². The lowest BCUT2D eigenvalue weighted by atomic mass is 10.2. The molecule has 0 bridgehead atoms. The van der Waals surface area contributed by atoms with Gasteiger partial charge >= 0.3 is 5.97 Å². The Kier molecular flexibility index (Phi) is 6.23. The number of hydrogen-bond acceptors (Lipinski definition) is 4. The summed E-state index contributed by atoms with van der Waals surface area (Å²) in [5.74, 6) is -0.751. The van der Waals surface area contributed by atoms with Crippen molar-refractivity contribution in [3.05, 3.63) is 60.2 Å². The zero-order valence-corrected chi connectivity index (χ0v) is 13.9. The van der Waals surface area contributed by atoms with E-state index in [0.29, 0.717) is 5.69 Å².